The molecule has 0 aliphatic carbocycles. The van der Waals surface area contributed by atoms with Crippen LogP contribution in [0.15, 0.2) is 116 Å². The number of hydrogen-bond acceptors (Lipinski definition) is 8. The molecule has 254 valence electrons. The number of carbonyl (C=O) groups excluding carboxylic acids is 1. The topological polar surface area (TPSA) is 163 Å². The molecule has 2 atom stereocenters. The molecule has 1 saturated heterocycles. The lowest BCUT2D eigenvalue weighted by Crippen LogP contribution is -2.36. The monoisotopic (exact) mass is 665 g/mol. The van der Waals surface area contributed by atoms with Crippen LogP contribution in [0.5, 0.6) is 0 Å². The molecule has 4 N–H and O–H groups in total. The molecule has 13 heteroatoms. The van der Waals surface area contributed by atoms with Gasteiger partial charge in [-0.3, -0.25) is 29.0 Å². The van der Waals surface area contributed by atoms with Crippen molar-refractivity contribution >= 4 is 23.4 Å². The van der Waals surface area contributed by atoms with Crippen molar-refractivity contribution in [2.45, 2.75) is 45.8 Å². The van der Waals surface area contributed by atoms with E-state index in [1.807, 2.05) is 74.5 Å². The summed E-state index contributed by atoms with van der Waals surface area (Å²) in [5.74, 6) is 0.763. The minimum absolute atomic E-state index is 0.0289. The molecule has 0 radical (unpaired) electrons. The number of ether oxygens (including phenoxy) is 1. The van der Waals surface area contributed by atoms with Crippen LogP contribution in [-0.4, -0.2) is 38.3 Å². The Labute approximate surface area is 281 Å². The first-order valence-electron chi connectivity index (χ1n) is 15.9. The number of hydrogen-bond donors (Lipinski definition) is 4. The molecule has 6 rings (SSSR count). The molecule has 3 heterocycles. The van der Waals surface area contributed by atoms with E-state index in [1.54, 1.807) is 43.0 Å². The fraction of sp³-hybridized carbons (Fsp3) is 0.250. The van der Waals surface area contributed by atoms with E-state index in [2.05, 4.69) is 20.6 Å². The molecule has 2 unspecified atom stereocenters. The Balaban J connectivity index is 0.000000192. The van der Waals surface area contributed by atoms with E-state index in [-0.39, 0.29) is 35.3 Å². The molecule has 1 amide bonds. The van der Waals surface area contributed by atoms with E-state index in [0.717, 1.165) is 25.9 Å². The molecule has 1 aliphatic rings. The Kier molecular flexibility index (Phi) is 10.6. The van der Waals surface area contributed by atoms with Crippen molar-refractivity contribution in [1.29, 1.82) is 0 Å². The number of nitrogens with zero attached hydrogens (tertiary/aromatic N) is 3. The number of benzene rings is 3. The number of rotatable bonds is 9. The van der Waals surface area contributed by atoms with Crippen LogP contribution in [0.3, 0.4) is 0 Å². The molecule has 1 aliphatic heterocycles. The number of aromatic nitrogens is 4. The molecule has 2 aromatic heterocycles. The van der Waals surface area contributed by atoms with Crippen LogP contribution in [0.2, 0.25) is 0 Å². The molecular weight excluding hydrogens is 626 g/mol. The minimum atomic E-state index is -0.466. The van der Waals surface area contributed by atoms with Crippen LogP contribution in [0.4, 0.5) is 22.1 Å². The number of nitrogens with one attached hydrogen (secondary N) is 4. The summed E-state index contributed by atoms with van der Waals surface area (Å²) in [6, 6.07) is 28.5. The molecule has 0 spiro atoms. The van der Waals surface area contributed by atoms with Crippen molar-refractivity contribution in [3.63, 3.8) is 0 Å². The molecule has 0 bridgehead atoms. The molecule has 1 fully saturated rings. The standard InChI is InChI=1S/C18H22N4O4.C18H17N3O2/c1-11(2)22-16(23)10-15(20-17(22)24)19-12(3)13-5-4-6-14(9-13)21-7-8-26-18(21)25;1-13(14-8-4-2-5-9-14)19-16-12-17(22)21(18(23)20-16)15-10-6-3-7-11-15/h4-6,9-12,19H,7-8H2,1-3H3,(H,20,24);2-13,19H,1H3,(H,20,23). The summed E-state index contributed by atoms with van der Waals surface area (Å²) in [6.45, 7) is 8.33. The van der Waals surface area contributed by atoms with Gasteiger partial charge in [0.15, 0.2) is 0 Å². The summed E-state index contributed by atoms with van der Waals surface area (Å²) in [4.78, 5) is 67.4. The molecule has 5 aromatic rings. The zero-order chi connectivity index (χ0) is 35.1. The van der Waals surface area contributed by atoms with Crippen molar-refractivity contribution < 1.29 is 9.53 Å². The second-order valence-corrected chi connectivity index (χ2v) is 11.8. The maximum absolute atomic E-state index is 12.3. The Bertz CT molecular complexity index is 2080. The molecule has 49 heavy (non-hydrogen) atoms. The van der Waals surface area contributed by atoms with E-state index < -0.39 is 11.4 Å². The lowest BCUT2D eigenvalue weighted by molar-refractivity contribution is 0.181. The van der Waals surface area contributed by atoms with Gasteiger partial charge in [0.25, 0.3) is 11.1 Å². The third kappa shape index (κ3) is 8.25. The normalized spacial score (nSPS) is 13.7. The lowest BCUT2D eigenvalue weighted by atomic mass is 10.1. The Hall–Kier alpha value is -6.11. The number of carbonyl (C=O) groups is 1. The number of anilines is 3. The average Bonchev–Trinajstić information content (AvgIpc) is 3.51. The Morgan fingerprint density at radius 1 is 0.633 bits per heavy atom. The van der Waals surface area contributed by atoms with Crippen molar-refractivity contribution in [2.75, 3.05) is 28.7 Å². The summed E-state index contributed by atoms with van der Waals surface area (Å²) in [7, 11) is 0. The fourth-order valence-electron chi connectivity index (χ4n) is 5.43. The quantitative estimate of drug-likeness (QED) is 0.172. The van der Waals surface area contributed by atoms with Crippen molar-refractivity contribution in [3.8, 4) is 5.69 Å². The summed E-state index contributed by atoms with van der Waals surface area (Å²) < 4.78 is 7.24. The lowest BCUT2D eigenvalue weighted by Gasteiger charge is -2.19. The van der Waals surface area contributed by atoms with Gasteiger partial charge < -0.3 is 15.4 Å². The van der Waals surface area contributed by atoms with Gasteiger partial charge in [-0.05, 0) is 63.1 Å². The van der Waals surface area contributed by atoms with E-state index in [1.165, 1.54) is 12.1 Å². The zero-order valence-electron chi connectivity index (χ0n) is 27.7. The Morgan fingerprint density at radius 2 is 1.18 bits per heavy atom. The zero-order valence-corrected chi connectivity index (χ0v) is 27.7. The average molecular weight is 666 g/mol. The smallest absolute Gasteiger partial charge is 0.414 e. The predicted molar refractivity (Wildman–Crippen MR) is 190 cm³/mol. The summed E-state index contributed by atoms with van der Waals surface area (Å²) in [5.41, 5.74) is 1.64. The molecule has 13 nitrogen and oxygen atoms in total. The summed E-state index contributed by atoms with van der Waals surface area (Å²) in [6.07, 6.45) is -0.357. The largest absolute Gasteiger partial charge is 0.447 e. The van der Waals surface area contributed by atoms with Crippen LogP contribution in [-0.2, 0) is 4.74 Å². The summed E-state index contributed by atoms with van der Waals surface area (Å²) in [5, 5.41) is 6.28. The van der Waals surface area contributed by atoms with Gasteiger partial charge in [0.05, 0.1) is 12.2 Å². The second-order valence-electron chi connectivity index (χ2n) is 11.8. The third-order valence-corrected chi connectivity index (χ3v) is 7.92. The number of H-pyrrole nitrogens is 2. The third-order valence-electron chi connectivity index (χ3n) is 7.92. The van der Waals surface area contributed by atoms with Gasteiger partial charge in [0.2, 0.25) is 0 Å². The SMILES string of the molecule is CC(Nc1cc(=O)n(-c2ccccc2)c(=O)[nH]1)c1ccccc1.CC(Nc1cc(=O)n(C(C)C)c(=O)[nH]1)c1cccc(N2CCOC2=O)c1. The first-order chi connectivity index (χ1) is 23.5. The number of amides is 1. The highest BCUT2D eigenvalue weighted by Crippen LogP contribution is 2.24. The maximum Gasteiger partial charge on any atom is 0.414 e. The fourth-order valence-corrected chi connectivity index (χ4v) is 5.43. The van der Waals surface area contributed by atoms with Crippen LogP contribution in [0.1, 0.15) is 56.9 Å². The number of cyclic esters (lactones) is 1. The van der Waals surface area contributed by atoms with Gasteiger partial charge in [-0.15, -0.1) is 0 Å². The van der Waals surface area contributed by atoms with Gasteiger partial charge in [0.1, 0.15) is 18.2 Å². The van der Waals surface area contributed by atoms with Gasteiger partial charge >= 0.3 is 17.5 Å². The van der Waals surface area contributed by atoms with Crippen molar-refractivity contribution in [1.82, 2.24) is 19.1 Å². The first-order valence-corrected chi connectivity index (χ1v) is 15.9. The van der Waals surface area contributed by atoms with Gasteiger partial charge in [-0.1, -0.05) is 60.7 Å². The van der Waals surface area contributed by atoms with Gasteiger partial charge in [0, 0.05) is 35.9 Å². The van der Waals surface area contributed by atoms with Crippen LogP contribution >= 0.6 is 0 Å². The van der Waals surface area contributed by atoms with Gasteiger partial charge in [-0.25, -0.2) is 19.0 Å². The first kappa shape index (κ1) is 34.2. The molecule has 0 saturated carbocycles. The van der Waals surface area contributed by atoms with Crippen molar-refractivity contribution in [2.24, 2.45) is 0 Å². The van der Waals surface area contributed by atoms with E-state index in [9.17, 15) is 24.0 Å². The Morgan fingerprint density at radius 3 is 1.76 bits per heavy atom. The van der Waals surface area contributed by atoms with Gasteiger partial charge in [-0.2, -0.15) is 0 Å². The van der Waals surface area contributed by atoms with Crippen LogP contribution in [0, 0.1) is 0 Å². The van der Waals surface area contributed by atoms with Crippen LogP contribution < -0.4 is 38.0 Å². The maximum atomic E-state index is 12.3. The molecule has 3 aromatic carbocycles. The van der Waals surface area contributed by atoms with E-state index >= 15 is 0 Å². The minimum Gasteiger partial charge on any atom is -0.447 e. The highest BCUT2D eigenvalue weighted by Gasteiger charge is 2.24. The van der Waals surface area contributed by atoms with Crippen molar-refractivity contribution in [3.05, 3.63) is 150 Å². The van der Waals surface area contributed by atoms with Crippen LogP contribution in [0.25, 0.3) is 5.69 Å². The van der Waals surface area contributed by atoms with E-state index in [4.69, 9.17) is 4.74 Å². The summed E-state index contributed by atoms with van der Waals surface area (Å²) >= 11 is 0. The highest BCUT2D eigenvalue weighted by atomic mass is 16.6. The number of aromatic amines is 2. The molecular formula is C36H39N7O6. The second kappa shape index (κ2) is 15.2. The number of para-hydroxylation sites is 1. The van der Waals surface area contributed by atoms with E-state index in [0.29, 0.717) is 30.5 Å². The predicted octanol–water partition coefficient (Wildman–Crippen LogP) is 4.95. The highest BCUT2D eigenvalue weighted by molar-refractivity contribution is 5.89.